The van der Waals surface area contributed by atoms with E-state index in [1.54, 1.807) is 41.3 Å². The highest BCUT2D eigenvalue weighted by Crippen LogP contribution is 2.42. The second kappa shape index (κ2) is 10.3. The summed E-state index contributed by atoms with van der Waals surface area (Å²) in [5, 5.41) is 3.45. The Morgan fingerprint density at radius 2 is 1.74 bits per heavy atom. The van der Waals surface area contributed by atoms with Crippen molar-refractivity contribution >= 4 is 29.1 Å². The Hall–Kier alpha value is -3.13. The number of carbonyl (C=O) groups is 2. The van der Waals surface area contributed by atoms with Crippen molar-refractivity contribution in [3.05, 3.63) is 41.4 Å². The molecule has 1 aliphatic heterocycles. The van der Waals surface area contributed by atoms with E-state index in [0.717, 1.165) is 0 Å². The summed E-state index contributed by atoms with van der Waals surface area (Å²) in [6, 6.07) is 10.4. The van der Waals surface area contributed by atoms with Crippen molar-refractivity contribution in [2.75, 3.05) is 45.9 Å². The maximum Gasteiger partial charge on any atom is 0.227 e. The Morgan fingerprint density at radius 3 is 2.32 bits per heavy atom. The van der Waals surface area contributed by atoms with Gasteiger partial charge in [-0.05, 0) is 24.3 Å². The van der Waals surface area contributed by atoms with Crippen LogP contribution in [0.2, 0.25) is 5.02 Å². The van der Waals surface area contributed by atoms with Gasteiger partial charge in [-0.25, -0.2) is 0 Å². The van der Waals surface area contributed by atoms with Crippen molar-refractivity contribution in [2.45, 2.75) is 6.42 Å². The molecule has 8 nitrogen and oxygen atoms in total. The quantitative estimate of drug-likeness (QED) is 0.593. The Kier molecular flexibility index (Phi) is 7.46. The summed E-state index contributed by atoms with van der Waals surface area (Å²) in [5.74, 6) is 1.20. The number of hydrogen-bond acceptors (Lipinski definition) is 6. The molecule has 0 radical (unpaired) electrons. The van der Waals surface area contributed by atoms with Gasteiger partial charge in [0, 0.05) is 30.1 Å². The van der Waals surface area contributed by atoms with Crippen molar-refractivity contribution in [2.24, 2.45) is 5.92 Å². The number of anilines is 1. The van der Waals surface area contributed by atoms with Gasteiger partial charge in [-0.15, -0.1) is 0 Å². The highest BCUT2D eigenvalue weighted by atomic mass is 35.5. The molecular formula is C22H25ClN2O6. The molecule has 1 saturated heterocycles. The third-order valence-electron chi connectivity index (χ3n) is 4.94. The van der Waals surface area contributed by atoms with Gasteiger partial charge >= 0.3 is 0 Å². The molecule has 2 aromatic carbocycles. The first-order valence-corrected chi connectivity index (χ1v) is 10.1. The zero-order chi connectivity index (χ0) is 22.4. The fourth-order valence-electron chi connectivity index (χ4n) is 3.37. The lowest BCUT2D eigenvalue weighted by molar-refractivity contribution is -0.126. The molecule has 1 fully saturated rings. The van der Waals surface area contributed by atoms with Crippen LogP contribution in [0.25, 0.3) is 0 Å². The first kappa shape index (κ1) is 22.6. The van der Waals surface area contributed by atoms with Crippen LogP contribution >= 0.6 is 11.6 Å². The second-order valence-corrected chi connectivity index (χ2v) is 7.32. The molecule has 9 heteroatoms. The molecule has 0 spiro atoms. The Morgan fingerprint density at radius 1 is 1.10 bits per heavy atom. The largest absolute Gasteiger partial charge is 0.493 e. The molecule has 3 rings (SSSR count). The highest BCUT2D eigenvalue weighted by molar-refractivity contribution is 6.30. The van der Waals surface area contributed by atoms with Crippen LogP contribution in [0.15, 0.2) is 36.4 Å². The fourth-order valence-corrected chi connectivity index (χ4v) is 3.50. The molecule has 1 aliphatic rings. The van der Waals surface area contributed by atoms with E-state index in [-0.39, 0.29) is 24.8 Å². The van der Waals surface area contributed by atoms with E-state index in [9.17, 15) is 9.59 Å². The second-order valence-electron chi connectivity index (χ2n) is 6.88. The van der Waals surface area contributed by atoms with E-state index in [2.05, 4.69) is 5.32 Å². The molecule has 1 unspecified atom stereocenters. The topological polar surface area (TPSA) is 86.3 Å². The number of nitrogens with zero attached hydrogens (tertiary/aromatic N) is 1. The van der Waals surface area contributed by atoms with Crippen LogP contribution in [0.5, 0.6) is 23.0 Å². The van der Waals surface area contributed by atoms with Crippen LogP contribution in [0.3, 0.4) is 0 Å². The molecule has 0 saturated carbocycles. The van der Waals surface area contributed by atoms with Gasteiger partial charge in [0.2, 0.25) is 17.6 Å². The van der Waals surface area contributed by atoms with Gasteiger partial charge in [0.25, 0.3) is 0 Å². The minimum Gasteiger partial charge on any atom is -0.493 e. The van der Waals surface area contributed by atoms with Crippen LogP contribution in [-0.4, -0.2) is 52.8 Å². The van der Waals surface area contributed by atoms with E-state index in [1.807, 2.05) is 0 Å². The normalized spacial score (nSPS) is 15.5. The summed E-state index contributed by atoms with van der Waals surface area (Å²) in [4.78, 5) is 26.7. The van der Waals surface area contributed by atoms with Crippen LogP contribution < -0.4 is 29.2 Å². The lowest BCUT2D eigenvalue weighted by atomic mass is 10.1. The van der Waals surface area contributed by atoms with Gasteiger partial charge in [0.05, 0.1) is 39.5 Å². The molecule has 1 N–H and O–H groups in total. The zero-order valence-corrected chi connectivity index (χ0v) is 18.4. The van der Waals surface area contributed by atoms with Crippen molar-refractivity contribution < 1.29 is 28.5 Å². The number of methoxy groups -OCH3 is 3. The van der Waals surface area contributed by atoms with Gasteiger partial charge in [-0.1, -0.05) is 11.6 Å². The molecule has 0 bridgehead atoms. The summed E-state index contributed by atoms with van der Waals surface area (Å²) in [6.07, 6.45) is 0.126. The van der Waals surface area contributed by atoms with Crippen LogP contribution in [0.1, 0.15) is 6.42 Å². The van der Waals surface area contributed by atoms with Gasteiger partial charge in [-0.2, -0.15) is 0 Å². The standard InChI is InChI=1S/C22H25ClN2O6/c1-28-18-11-16(12-19(29-2)21(18)30-3)25-13-14(10-20(25)26)22(27)24-8-9-31-17-6-4-15(23)5-7-17/h4-7,11-12,14H,8-10,13H2,1-3H3,(H,24,27). The Bertz CT molecular complexity index is 909. The number of benzene rings is 2. The minimum atomic E-state index is -0.456. The average Bonchev–Trinajstić information content (AvgIpc) is 3.18. The number of halogens is 1. The summed E-state index contributed by atoms with van der Waals surface area (Å²) >= 11 is 5.84. The van der Waals surface area contributed by atoms with Gasteiger partial charge in [-0.3, -0.25) is 9.59 Å². The molecule has 0 aromatic heterocycles. The molecule has 166 valence electrons. The lowest BCUT2D eigenvalue weighted by Gasteiger charge is -2.20. The molecular weight excluding hydrogens is 424 g/mol. The van der Waals surface area contributed by atoms with Crippen molar-refractivity contribution in [1.82, 2.24) is 5.32 Å². The molecule has 2 amide bonds. The number of nitrogens with one attached hydrogen (secondary N) is 1. The molecule has 2 aromatic rings. The molecule has 1 atom stereocenters. The van der Waals surface area contributed by atoms with Crippen molar-refractivity contribution in [1.29, 1.82) is 0 Å². The average molecular weight is 449 g/mol. The van der Waals surface area contributed by atoms with E-state index in [4.69, 9.17) is 30.5 Å². The first-order valence-electron chi connectivity index (χ1n) is 9.73. The molecule has 1 heterocycles. The van der Waals surface area contributed by atoms with Crippen molar-refractivity contribution in [3.8, 4) is 23.0 Å². The van der Waals surface area contributed by atoms with Gasteiger partial charge < -0.3 is 29.2 Å². The zero-order valence-electron chi connectivity index (χ0n) is 17.6. The predicted octanol–water partition coefficient (Wildman–Crippen LogP) is 2.91. The third-order valence-corrected chi connectivity index (χ3v) is 5.19. The number of hydrogen-bond donors (Lipinski definition) is 1. The molecule has 31 heavy (non-hydrogen) atoms. The summed E-state index contributed by atoms with van der Waals surface area (Å²) in [5.41, 5.74) is 0.584. The lowest BCUT2D eigenvalue weighted by Crippen LogP contribution is -2.35. The monoisotopic (exact) mass is 448 g/mol. The number of ether oxygens (including phenoxy) is 4. The maximum atomic E-state index is 12.6. The van der Waals surface area contributed by atoms with Crippen LogP contribution in [0, 0.1) is 5.92 Å². The van der Waals surface area contributed by atoms with Gasteiger partial charge in [0.1, 0.15) is 12.4 Å². The molecule has 0 aliphatic carbocycles. The highest BCUT2D eigenvalue weighted by Gasteiger charge is 2.35. The Balaban J connectivity index is 1.58. The predicted molar refractivity (Wildman–Crippen MR) is 117 cm³/mol. The maximum absolute atomic E-state index is 12.6. The van der Waals surface area contributed by atoms with Crippen LogP contribution in [-0.2, 0) is 9.59 Å². The number of amides is 2. The number of carbonyl (C=O) groups excluding carboxylic acids is 2. The SMILES string of the molecule is COc1cc(N2CC(C(=O)NCCOc3ccc(Cl)cc3)CC2=O)cc(OC)c1OC. The van der Waals surface area contributed by atoms with Crippen LogP contribution in [0.4, 0.5) is 5.69 Å². The third kappa shape index (κ3) is 5.32. The van der Waals surface area contributed by atoms with Gasteiger partial charge in [0.15, 0.2) is 11.5 Å². The number of rotatable bonds is 9. The summed E-state index contributed by atoms with van der Waals surface area (Å²) in [6.45, 7) is 0.905. The Labute approximate surface area is 186 Å². The minimum absolute atomic E-state index is 0.126. The summed E-state index contributed by atoms with van der Waals surface area (Å²) in [7, 11) is 4.53. The van der Waals surface area contributed by atoms with E-state index in [0.29, 0.717) is 46.9 Å². The van der Waals surface area contributed by atoms with E-state index < -0.39 is 5.92 Å². The summed E-state index contributed by atoms with van der Waals surface area (Å²) < 4.78 is 21.6. The van der Waals surface area contributed by atoms with E-state index >= 15 is 0 Å². The fraction of sp³-hybridized carbons (Fsp3) is 0.364. The van der Waals surface area contributed by atoms with E-state index in [1.165, 1.54) is 21.3 Å². The smallest absolute Gasteiger partial charge is 0.227 e. The van der Waals surface area contributed by atoms with Crippen molar-refractivity contribution in [3.63, 3.8) is 0 Å². The first-order chi connectivity index (χ1) is 15.0.